The number of halogens is 4. The summed E-state index contributed by atoms with van der Waals surface area (Å²) in [5.74, 6) is -6.96. The number of anilines is 3. The number of alkyl halides is 2. The van der Waals surface area contributed by atoms with Gasteiger partial charge in [-0.05, 0) is 125 Å². The molecule has 1 saturated carbocycles. The van der Waals surface area contributed by atoms with Crippen LogP contribution in [0.15, 0.2) is 111 Å². The van der Waals surface area contributed by atoms with Gasteiger partial charge in [-0.15, -0.1) is 23.2 Å². The van der Waals surface area contributed by atoms with Gasteiger partial charge in [0.05, 0.1) is 46.2 Å². The second kappa shape index (κ2) is 13.8. The lowest BCUT2D eigenvalue weighted by atomic mass is 9.56. The third kappa shape index (κ3) is 5.65. The number of phenolic OH excluding ortho intramolecular Hbond substituents is 1. The molecule has 8 rings (SSSR count). The Morgan fingerprint density at radius 2 is 1.43 bits per heavy atom. The molecule has 4 aliphatic rings. The van der Waals surface area contributed by atoms with Crippen molar-refractivity contribution in [2.45, 2.75) is 28.5 Å². The van der Waals surface area contributed by atoms with Crippen LogP contribution in [0.3, 0.4) is 0 Å². The first-order chi connectivity index (χ1) is 26.7. The molecule has 2 heterocycles. The van der Waals surface area contributed by atoms with Gasteiger partial charge in [-0.25, -0.2) is 9.29 Å². The van der Waals surface area contributed by atoms with E-state index in [1.807, 2.05) is 49.3 Å². The summed E-state index contributed by atoms with van der Waals surface area (Å²) in [4.78, 5) is 57.5. The molecule has 56 heavy (non-hydrogen) atoms. The number of methoxy groups -OCH3 is 1. The van der Waals surface area contributed by atoms with Crippen molar-refractivity contribution in [1.29, 1.82) is 0 Å². The maximum atomic E-state index is 14.6. The van der Waals surface area contributed by atoms with Crippen LogP contribution in [-0.4, -0.2) is 59.7 Å². The van der Waals surface area contributed by atoms with Crippen LogP contribution < -0.4 is 19.4 Å². The Labute approximate surface area is 339 Å². The number of rotatable bonds is 7. The monoisotopic (exact) mass is 859 g/mol. The van der Waals surface area contributed by atoms with E-state index in [4.69, 9.17) is 27.9 Å². The summed E-state index contributed by atoms with van der Waals surface area (Å²) in [7, 11) is 5.25. The molecule has 6 unspecified atom stereocenters. The van der Waals surface area contributed by atoms with E-state index in [-0.39, 0.29) is 34.5 Å². The van der Waals surface area contributed by atoms with Crippen LogP contribution in [0.4, 0.5) is 32.8 Å². The molecule has 11 nitrogen and oxygen atoms in total. The number of carbonyl (C=O) groups excluding carboxylic acids is 4. The lowest BCUT2D eigenvalue weighted by Gasteiger charge is -2.50. The van der Waals surface area contributed by atoms with Gasteiger partial charge in [0, 0.05) is 25.7 Å². The van der Waals surface area contributed by atoms with Crippen LogP contribution in [0.5, 0.6) is 11.5 Å². The highest BCUT2D eigenvalue weighted by Gasteiger charge is 2.76. The van der Waals surface area contributed by atoms with Crippen molar-refractivity contribution in [3.63, 3.8) is 0 Å². The summed E-state index contributed by atoms with van der Waals surface area (Å²) < 4.78 is 19.6. The number of azo groups is 1. The number of nitrogens with zero attached hydrogens (tertiary/aromatic N) is 5. The topological polar surface area (TPSA) is 132 Å². The number of allylic oxidation sites excluding steroid dienone is 2. The fourth-order valence-corrected chi connectivity index (χ4v) is 9.94. The molecular formula is C41H33BrCl2FN5O6. The molecule has 2 aliphatic carbocycles. The summed E-state index contributed by atoms with van der Waals surface area (Å²) in [6.45, 7) is 0. The molecule has 2 aliphatic heterocycles. The van der Waals surface area contributed by atoms with Gasteiger partial charge in [-0.1, -0.05) is 11.6 Å². The van der Waals surface area contributed by atoms with Gasteiger partial charge in [0.1, 0.15) is 5.82 Å². The van der Waals surface area contributed by atoms with Gasteiger partial charge in [0.15, 0.2) is 21.2 Å². The third-order valence-electron chi connectivity index (χ3n) is 11.3. The molecule has 1 N–H and O–H groups in total. The Morgan fingerprint density at radius 1 is 0.839 bits per heavy atom. The van der Waals surface area contributed by atoms with Crippen LogP contribution in [-0.2, 0) is 19.2 Å². The summed E-state index contributed by atoms with van der Waals surface area (Å²) in [5.41, 5.74) is 3.51. The van der Waals surface area contributed by atoms with Crippen LogP contribution >= 0.6 is 39.1 Å². The lowest BCUT2D eigenvalue weighted by molar-refractivity contribution is -0.125. The largest absolute Gasteiger partial charge is 0.503 e. The van der Waals surface area contributed by atoms with E-state index in [1.54, 1.807) is 30.3 Å². The van der Waals surface area contributed by atoms with Crippen molar-refractivity contribution >= 4 is 91.2 Å². The second-order valence-electron chi connectivity index (χ2n) is 14.4. The summed E-state index contributed by atoms with van der Waals surface area (Å²) in [6.07, 6.45) is 1.71. The summed E-state index contributed by atoms with van der Waals surface area (Å²) in [6, 6.07) is 22.0. The number of amides is 4. The first-order valence-electron chi connectivity index (χ1n) is 17.6. The molecule has 15 heteroatoms. The minimum absolute atomic E-state index is 0.0573. The first kappa shape index (κ1) is 37.8. The predicted molar refractivity (Wildman–Crippen MR) is 213 cm³/mol. The number of carbonyl (C=O) groups is 4. The molecule has 6 atom stereocenters. The van der Waals surface area contributed by atoms with E-state index < -0.39 is 62.9 Å². The lowest BCUT2D eigenvalue weighted by Crippen LogP contribution is -2.60. The van der Waals surface area contributed by atoms with Gasteiger partial charge in [-0.3, -0.25) is 24.1 Å². The molecule has 4 aromatic carbocycles. The Hall–Kier alpha value is -5.11. The summed E-state index contributed by atoms with van der Waals surface area (Å²) >= 11 is 18.3. The predicted octanol–water partition coefficient (Wildman–Crippen LogP) is 8.55. The van der Waals surface area contributed by atoms with Crippen molar-refractivity contribution in [1.82, 2.24) is 0 Å². The van der Waals surface area contributed by atoms with E-state index in [2.05, 4.69) is 26.2 Å². The first-order valence-corrected chi connectivity index (χ1v) is 19.2. The number of imide groups is 2. The van der Waals surface area contributed by atoms with Gasteiger partial charge < -0.3 is 14.7 Å². The highest BCUT2D eigenvalue weighted by molar-refractivity contribution is 9.10. The van der Waals surface area contributed by atoms with Crippen molar-refractivity contribution < 1.29 is 33.4 Å². The molecule has 4 aromatic rings. The van der Waals surface area contributed by atoms with Crippen molar-refractivity contribution in [3.05, 3.63) is 112 Å². The van der Waals surface area contributed by atoms with Gasteiger partial charge in [0.2, 0.25) is 11.8 Å². The number of ether oxygens (including phenoxy) is 1. The van der Waals surface area contributed by atoms with E-state index in [0.717, 1.165) is 27.6 Å². The van der Waals surface area contributed by atoms with Gasteiger partial charge in [0.25, 0.3) is 11.8 Å². The molecule has 0 aromatic heterocycles. The van der Waals surface area contributed by atoms with E-state index in [9.17, 15) is 28.7 Å². The average Bonchev–Trinajstić information content (AvgIpc) is 3.53. The number of hydrogen-bond acceptors (Lipinski definition) is 9. The van der Waals surface area contributed by atoms with E-state index in [1.165, 1.54) is 25.3 Å². The van der Waals surface area contributed by atoms with Crippen molar-refractivity contribution in [3.8, 4) is 11.5 Å². The second-order valence-corrected chi connectivity index (χ2v) is 16.5. The molecule has 286 valence electrons. The number of aromatic hydroxyl groups is 1. The number of fused-ring (bicyclic) bond motifs is 4. The number of benzene rings is 4. The normalized spacial score (nSPS) is 27.0. The molecule has 4 amide bonds. The minimum Gasteiger partial charge on any atom is -0.503 e. The van der Waals surface area contributed by atoms with Crippen molar-refractivity contribution in [2.24, 2.45) is 28.0 Å². The van der Waals surface area contributed by atoms with E-state index in [0.29, 0.717) is 28.2 Å². The zero-order valence-electron chi connectivity index (χ0n) is 30.1. The van der Waals surface area contributed by atoms with Crippen LogP contribution in [0.1, 0.15) is 24.3 Å². The van der Waals surface area contributed by atoms with Crippen LogP contribution in [0, 0.1) is 23.6 Å². The average molecular weight is 862 g/mol. The Morgan fingerprint density at radius 3 is 2.04 bits per heavy atom. The minimum atomic E-state index is -2.15. The van der Waals surface area contributed by atoms with Crippen LogP contribution in [0.2, 0.25) is 0 Å². The molecule has 0 bridgehead atoms. The Balaban J connectivity index is 1.17. The Bertz CT molecular complexity index is 2380. The third-order valence-corrected chi connectivity index (χ3v) is 13.3. The van der Waals surface area contributed by atoms with Gasteiger partial charge in [-0.2, -0.15) is 10.2 Å². The standard InChI is InChI=1S/C41H33BrCl2FN5O6/c1-48(2)25-12-6-23(7-13-25)46-47-24-8-14-26(15-9-24)49-36(52)29-17-16-28-30(33(29)37(49)53)20-40(43)38(54)50(27-10-4-22(45)5-11-27)39(55)41(40,44)34(28)21-18-31(42)35(51)32(19-21)56-3/h4-16,18-19,29-30,33-34,51H,17,20H2,1-3H3. The Kier molecular flexibility index (Phi) is 9.33. The summed E-state index contributed by atoms with van der Waals surface area (Å²) in [5, 5.41) is 19.3. The van der Waals surface area contributed by atoms with Crippen molar-refractivity contribution in [2.75, 3.05) is 35.9 Å². The zero-order valence-corrected chi connectivity index (χ0v) is 33.2. The molecule has 3 fully saturated rings. The highest BCUT2D eigenvalue weighted by Crippen LogP contribution is 2.66. The van der Waals surface area contributed by atoms with E-state index >= 15 is 0 Å². The fraction of sp³-hybridized carbons (Fsp3) is 0.268. The maximum Gasteiger partial charge on any atom is 0.258 e. The fourth-order valence-electron chi connectivity index (χ4n) is 8.54. The molecular weight excluding hydrogens is 828 g/mol. The highest BCUT2D eigenvalue weighted by atomic mass is 79.9. The number of phenols is 1. The molecule has 0 spiro atoms. The smallest absolute Gasteiger partial charge is 0.258 e. The molecule has 2 saturated heterocycles. The number of hydrogen-bond donors (Lipinski definition) is 1. The maximum absolute atomic E-state index is 14.6. The molecule has 0 radical (unpaired) electrons. The van der Waals surface area contributed by atoms with Crippen LogP contribution in [0.25, 0.3) is 0 Å². The van der Waals surface area contributed by atoms with Gasteiger partial charge >= 0.3 is 0 Å². The zero-order chi connectivity index (χ0) is 39.8. The quantitative estimate of drug-likeness (QED) is 0.0853. The SMILES string of the molecule is COc1cc(C2C3=CCC4C(=O)N(c5ccc(N=Nc6ccc(N(C)C)cc6)cc5)C(=O)C4C3CC3(Cl)C(=O)N(c4ccc(F)cc4)C(=O)C23Cl)cc(Br)c1O.